The molecule has 0 fully saturated rings. The summed E-state index contributed by atoms with van der Waals surface area (Å²) in [7, 11) is 0. The van der Waals surface area contributed by atoms with Crippen LogP contribution in [0.25, 0.3) is 6.08 Å². The Balaban J connectivity index is 0.000000671. The first-order valence-electron chi connectivity index (χ1n) is 4.63. The van der Waals surface area contributed by atoms with E-state index in [0.717, 1.165) is 18.8 Å². The van der Waals surface area contributed by atoms with Crippen molar-refractivity contribution in [1.82, 2.24) is 9.55 Å². The molecule has 0 aromatic carbocycles. The van der Waals surface area contributed by atoms with E-state index in [-0.39, 0.29) is 0 Å². The average Bonchev–Trinajstić information content (AvgIpc) is 2.65. The van der Waals surface area contributed by atoms with Crippen LogP contribution in [-0.2, 0) is 6.54 Å². The molecule has 0 atom stereocenters. The number of aromatic nitrogens is 2. The molecule has 1 rings (SSSR count). The van der Waals surface area contributed by atoms with Gasteiger partial charge in [-0.25, -0.2) is 4.98 Å². The first-order valence-corrected chi connectivity index (χ1v) is 4.63. The van der Waals surface area contributed by atoms with E-state index in [1.165, 1.54) is 0 Å². The minimum absolute atomic E-state index is 0.923. The zero-order chi connectivity index (χ0) is 10.1. The monoisotopic (exact) mass is 178 g/mol. The lowest BCUT2D eigenvalue weighted by Crippen LogP contribution is -1.97. The molecule has 0 amide bonds. The molecular formula is C11H18N2. The summed E-state index contributed by atoms with van der Waals surface area (Å²) in [4.78, 5) is 4.10. The maximum atomic E-state index is 4.10. The minimum Gasteiger partial charge on any atom is -0.331 e. The predicted molar refractivity (Wildman–Crippen MR) is 58.5 cm³/mol. The Hall–Kier alpha value is -1.31. The van der Waals surface area contributed by atoms with Gasteiger partial charge in [0.05, 0.1) is 0 Å². The molecule has 0 saturated heterocycles. The molecule has 2 nitrogen and oxygen atoms in total. The summed E-state index contributed by atoms with van der Waals surface area (Å²) >= 11 is 0. The van der Waals surface area contributed by atoms with Gasteiger partial charge in [-0.1, -0.05) is 26.5 Å². The van der Waals surface area contributed by atoms with Crippen molar-refractivity contribution in [1.29, 1.82) is 0 Å². The molecule has 72 valence electrons. The van der Waals surface area contributed by atoms with Gasteiger partial charge in [-0.2, -0.15) is 0 Å². The number of imidazole rings is 1. The van der Waals surface area contributed by atoms with Gasteiger partial charge in [-0.3, -0.25) is 0 Å². The molecule has 0 N–H and O–H groups in total. The Morgan fingerprint density at radius 3 is 2.69 bits per heavy atom. The van der Waals surface area contributed by atoms with E-state index in [2.05, 4.69) is 22.7 Å². The molecule has 13 heavy (non-hydrogen) atoms. The second kappa shape index (κ2) is 7.35. The number of hydrogen-bond donors (Lipinski definition) is 0. The van der Waals surface area contributed by atoms with E-state index in [1.54, 1.807) is 12.3 Å². The SMILES string of the molecule is C=CCCn1ccnc1C=C.CC. The fourth-order valence-corrected chi connectivity index (χ4v) is 0.930. The highest BCUT2D eigenvalue weighted by Crippen LogP contribution is 2.00. The normalized spacial score (nSPS) is 8.46. The Bertz CT molecular complexity index is 248. The quantitative estimate of drug-likeness (QED) is 0.648. The Morgan fingerprint density at radius 2 is 2.15 bits per heavy atom. The summed E-state index contributed by atoms with van der Waals surface area (Å²) in [5.74, 6) is 0.923. The number of aryl methyl sites for hydroxylation is 1. The lowest BCUT2D eigenvalue weighted by atomic mass is 10.4. The van der Waals surface area contributed by atoms with Crippen LogP contribution in [0.2, 0.25) is 0 Å². The standard InChI is InChI=1S/C9H12N2.C2H6/c1-3-5-7-11-8-6-10-9(11)4-2;1-2/h3-4,6,8H,1-2,5,7H2;1-2H3. The number of rotatable bonds is 4. The van der Waals surface area contributed by atoms with Crippen molar-refractivity contribution in [2.75, 3.05) is 0 Å². The third-order valence-corrected chi connectivity index (χ3v) is 1.50. The summed E-state index contributed by atoms with van der Waals surface area (Å²) in [6.45, 7) is 12.3. The van der Waals surface area contributed by atoms with Gasteiger partial charge in [0, 0.05) is 18.9 Å². The largest absolute Gasteiger partial charge is 0.331 e. The Labute approximate surface area is 80.6 Å². The molecule has 0 aliphatic rings. The fraction of sp³-hybridized carbons (Fsp3) is 0.364. The van der Waals surface area contributed by atoms with Gasteiger partial charge in [0.25, 0.3) is 0 Å². The van der Waals surface area contributed by atoms with Crippen LogP contribution in [0.15, 0.2) is 31.6 Å². The second-order valence-corrected chi connectivity index (χ2v) is 2.26. The van der Waals surface area contributed by atoms with Gasteiger partial charge >= 0.3 is 0 Å². The van der Waals surface area contributed by atoms with Crippen LogP contribution in [0, 0.1) is 0 Å². The van der Waals surface area contributed by atoms with Gasteiger partial charge in [-0.05, 0) is 12.5 Å². The molecule has 0 bridgehead atoms. The van der Waals surface area contributed by atoms with Crippen LogP contribution in [-0.4, -0.2) is 9.55 Å². The van der Waals surface area contributed by atoms with Crippen LogP contribution in [0.3, 0.4) is 0 Å². The van der Waals surface area contributed by atoms with E-state index < -0.39 is 0 Å². The molecule has 0 saturated carbocycles. The third-order valence-electron chi connectivity index (χ3n) is 1.50. The Kier molecular flexibility index (Phi) is 6.60. The summed E-state index contributed by atoms with van der Waals surface area (Å²) in [5.41, 5.74) is 0. The number of hydrogen-bond acceptors (Lipinski definition) is 1. The first kappa shape index (κ1) is 11.7. The van der Waals surface area contributed by atoms with E-state index in [9.17, 15) is 0 Å². The van der Waals surface area contributed by atoms with Crippen LogP contribution >= 0.6 is 0 Å². The van der Waals surface area contributed by atoms with E-state index in [0.29, 0.717) is 0 Å². The molecule has 0 radical (unpaired) electrons. The van der Waals surface area contributed by atoms with Crippen molar-refractivity contribution < 1.29 is 0 Å². The zero-order valence-corrected chi connectivity index (χ0v) is 8.53. The van der Waals surface area contributed by atoms with E-state index in [4.69, 9.17) is 0 Å². The molecule has 2 heteroatoms. The van der Waals surface area contributed by atoms with Crippen LogP contribution in [0.1, 0.15) is 26.1 Å². The smallest absolute Gasteiger partial charge is 0.131 e. The molecule has 0 unspecified atom stereocenters. The van der Waals surface area contributed by atoms with Gasteiger partial charge in [0.15, 0.2) is 0 Å². The molecule has 1 aromatic rings. The number of allylic oxidation sites excluding steroid dienone is 1. The highest BCUT2D eigenvalue weighted by atomic mass is 15.0. The molecule has 0 spiro atoms. The molecule has 1 aromatic heterocycles. The van der Waals surface area contributed by atoms with Gasteiger partial charge < -0.3 is 4.57 Å². The average molecular weight is 178 g/mol. The minimum atomic E-state index is 0.923. The van der Waals surface area contributed by atoms with Gasteiger partial charge in [0.1, 0.15) is 5.82 Å². The van der Waals surface area contributed by atoms with Crippen molar-refractivity contribution in [3.05, 3.63) is 37.5 Å². The lowest BCUT2D eigenvalue weighted by molar-refractivity contribution is 0.703. The maximum absolute atomic E-state index is 4.10. The second-order valence-electron chi connectivity index (χ2n) is 2.26. The van der Waals surface area contributed by atoms with E-state index in [1.807, 2.05) is 26.1 Å². The lowest BCUT2D eigenvalue weighted by Gasteiger charge is -2.00. The first-order chi connectivity index (χ1) is 6.38. The summed E-state index contributed by atoms with van der Waals surface area (Å²) in [5, 5.41) is 0. The van der Waals surface area contributed by atoms with Crippen molar-refractivity contribution in [3.8, 4) is 0 Å². The highest BCUT2D eigenvalue weighted by Gasteiger charge is 1.94. The Morgan fingerprint density at radius 1 is 1.46 bits per heavy atom. The van der Waals surface area contributed by atoms with Crippen LogP contribution < -0.4 is 0 Å². The van der Waals surface area contributed by atoms with Crippen molar-refractivity contribution in [2.45, 2.75) is 26.8 Å². The summed E-state index contributed by atoms with van der Waals surface area (Å²) < 4.78 is 2.05. The topological polar surface area (TPSA) is 17.8 Å². The van der Waals surface area contributed by atoms with Crippen LogP contribution in [0.4, 0.5) is 0 Å². The van der Waals surface area contributed by atoms with Gasteiger partial charge in [-0.15, -0.1) is 6.58 Å². The van der Waals surface area contributed by atoms with Crippen molar-refractivity contribution >= 4 is 6.08 Å². The molecule has 0 aliphatic carbocycles. The highest BCUT2D eigenvalue weighted by molar-refractivity contribution is 5.36. The third kappa shape index (κ3) is 3.74. The van der Waals surface area contributed by atoms with E-state index >= 15 is 0 Å². The zero-order valence-electron chi connectivity index (χ0n) is 8.53. The van der Waals surface area contributed by atoms with Crippen molar-refractivity contribution in [3.63, 3.8) is 0 Å². The summed E-state index contributed by atoms with van der Waals surface area (Å²) in [6.07, 6.45) is 8.34. The number of nitrogens with zero attached hydrogens (tertiary/aromatic N) is 2. The summed E-state index contributed by atoms with van der Waals surface area (Å²) in [6, 6.07) is 0. The van der Waals surface area contributed by atoms with Gasteiger partial charge in [0.2, 0.25) is 0 Å². The maximum Gasteiger partial charge on any atom is 0.131 e. The molecular weight excluding hydrogens is 160 g/mol. The van der Waals surface area contributed by atoms with Crippen LogP contribution in [0.5, 0.6) is 0 Å². The van der Waals surface area contributed by atoms with Crippen molar-refractivity contribution in [2.24, 2.45) is 0 Å². The fourth-order valence-electron chi connectivity index (χ4n) is 0.930. The molecule has 1 heterocycles. The predicted octanol–water partition coefficient (Wildman–Crippen LogP) is 3.13. The molecule has 0 aliphatic heterocycles.